The van der Waals surface area contributed by atoms with Crippen LogP contribution in [0.4, 0.5) is 0 Å². The van der Waals surface area contributed by atoms with Crippen LogP contribution in [0, 0.1) is 0 Å². The van der Waals surface area contributed by atoms with Crippen LogP contribution in [-0.4, -0.2) is 49.4 Å². The molecule has 0 N–H and O–H groups in total. The smallest absolute Gasteiger partial charge is 0.248 e. The summed E-state index contributed by atoms with van der Waals surface area (Å²) in [4.78, 5) is 13.7. The van der Waals surface area contributed by atoms with E-state index < -0.39 is 9.84 Å². The van der Waals surface area contributed by atoms with E-state index in [9.17, 15) is 13.2 Å². The highest BCUT2D eigenvalue weighted by Crippen LogP contribution is 2.32. The SMILES string of the molecule is O=C(COCc1ccccc1)N1CC2CC1CS2(=O)=O. The Bertz CT molecular complexity index is 599. The van der Waals surface area contributed by atoms with Crippen LogP contribution in [0.5, 0.6) is 0 Å². The lowest BCUT2D eigenvalue weighted by molar-refractivity contribution is -0.137. The van der Waals surface area contributed by atoms with Gasteiger partial charge in [0.2, 0.25) is 5.91 Å². The molecule has 2 heterocycles. The molecule has 1 aromatic rings. The fourth-order valence-corrected chi connectivity index (χ4v) is 4.94. The van der Waals surface area contributed by atoms with Gasteiger partial charge in [0.1, 0.15) is 6.61 Å². The number of ether oxygens (including phenoxy) is 1. The van der Waals surface area contributed by atoms with Gasteiger partial charge in [0.05, 0.1) is 17.6 Å². The van der Waals surface area contributed by atoms with Crippen molar-refractivity contribution in [2.75, 3.05) is 18.9 Å². The second-order valence-electron chi connectivity index (χ2n) is 5.37. The molecule has 0 aromatic heterocycles. The third kappa shape index (κ3) is 2.58. The molecule has 0 aliphatic carbocycles. The van der Waals surface area contributed by atoms with Crippen LogP contribution in [0.25, 0.3) is 0 Å². The maximum Gasteiger partial charge on any atom is 0.248 e. The monoisotopic (exact) mass is 295 g/mol. The number of likely N-dealkylation sites (tertiary alicyclic amines) is 1. The van der Waals surface area contributed by atoms with Crippen molar-refractivity contribution in [2.45, 2.75) is 24.3 Å². The Morgan fingerprint density at radius 1 is 1.30 bits per heavy atom. The second kappa shape index (κ2) is 5.18. The van der Waals surface area contributed by atoms with E-state index in [-0.39, 0.29) is 29.6 Å². The Hall–Kier alpha value is -1.40. The van der Waals surface area contributed by atoms with E-state index in [1.807, 2.05) is 30.3 Å². The van der Waals surface area contributed by atoms with Crippen LogP contribution < -0.4 is 0 Å². The fourth-order valence-electron chi connectivity index (χ4n) is 2.91. The van der Waals surface area contributed by atoms with E-state index in [1.165, 1.54) is 0 Å². The molecule has 6 heteroatoms. The van der Waals surface area contributed by atoms with Crippen molar-refractivity contribution in [3.05, 3.63) is 35.9 Å². The van der Waals surface area contributed by atoms with Crippen molar-refractivity contribution in [2.24, 2.45) is 0 Å². The number of amides is 1. The van der Waals surface area contributed by atoms with E-state index in [4.69, 9.17) is 4.74 Å². The minimum atomic E-state index is -2.95. The van der Waals surface area contributed by atoms with Crippen LogP contribution in [0.1, 0.15) is 12.0 Å². The quantitative estimate of drug-likeness (QED) is 0.816. The first kappa shape index (κ1) is 13.6. The number of carbonyl (C=O) groups excluding carboxylic acids is 1. The summed E-state index contributed by atoms with van der Waals surface area (Å²) in [5.74, 6) is 0.00516. The molecule has 2 bridgehead atoms. The molecule has 1 amide bonds. The summed E-state index contributed by atoms with van der Waals surface area (Å²) in [5, 5.41) is -0.356. The van der Waals surface area contributed by atoms with Crippen molar-refractivity contribution < 1.29 is 17.9 Å². The van der Waals surface area contributed by atoms with Crippen molar-refractivity contribution in [3.8, 4) is 0 Å². The lowest BCUT2D eigenvalue weighted by atomic mass is 10.2. The molecule has 3 rings (SSSR count). The van der Waals surface area contributed by atoms with Crippen molar-refractivity contribution >= 4 is 15.7 Å². The molecular weight excluding hydrogens is 278 g/mol. The molecule has 2 atom stereocenters. The van der Waals surface area contributed by atoms with Gasteiger partial charge in [-0.1, -0.05) is 30.3 Å². The Morgan fingerprint density at radius 3 is 2.65 bits per heavy atom. The topological polar surface area (TPSA) is 63.7 Å². The molecule has 1 aromatic carbocycles. The first-order valence-corrected chi connectivity index (χ1v) is 8.40. The van der Waals surface area contributed by atoms with E-state index >= 15 is 0 Å². The number of hydrogen-bond donors (Lipinski definition) is 0. The third-order valence-corrected chi connectivity index (χ3v) is 6.17. The Morgan fingerprint density at radius 2 is 2.05 bits per heavy atom. The molecule has 20 heavy (non-hydrogen) atoms. The number of benzene rings is 1. The van der Waals surface area contributed by atoms with Crippen LogP contribution in [0.15, 0.2) is 30.3 Å². The van der Waals surface area contributed by atoms with Gasteiger partial charge in [-0.25, -0.2) is 8.42 Å². The summed E-state index contributed by atoms with van der Waals surface area (Å²) < 4.78 is 28.7. The van der Waals surface area contributed by atoms with E-state index in [0.29, 0.717) is 19.6 Å². The van der Waals surface area contributed by atoms with Gasteiger partial charge in [-0.2, -0.15) is 0 Å². The summed E-state index contributed by atoms with van der Waals surface area (Å²) >= 11 is 0. The average molecular weight is 295 g/mol. The summed E-state index contributed by atoms with van der Waals surface area (Å²) in [7, 11) is -2.95. The van der Waals surface area contributed by atoms with Gasteiger partial charge in [0.25, 0.3) is 0 Å². The summed E-state index contributed by atoms with van der Waals surface area (Å²) in [6, 6.07) is 9.51. The lowest BCUT2D eigenvalue weighted by Gasteiger charge is -2.26. The number of fused-ring (bicyclic) bond motifs is 2. The van der Waals surface area contributed by atoms with E-state index in [0.717, 1.165) is 5.56 Å². The summed E-state index contributed by atoms with van der Waals surface area (Å²) in [6.45, 7) is 0.742. The highest BCUT2D eigenvalue weighted by molar-refractivity contribution is 7.92. The predicted octanol–water partition coefficient (Wildman–Crippen LogP) is 0.601. The van der Waals surface area contributed by atoms with Crippen molar-refractivity contribution in [3.63, 3.8) is 0 Å². The van der Waals surface area contributed by atoms with Crippen molar-refractivity contribution in [1.29, 1.82) is 0 Å². The van der Waals surface area contributed by atoms with Gasteiger partial charge in [-0.3, -0.25) is 4.79 Å². The lowest BCUT2D eigenvalue weighted by Crippen LogP contribution is -2.45. The third-order valence-electron chi connectivity index (χ3n) is 3.97. The molecule has 2 unspecified atom stereocenters. The van der Waals surface area contributed by atoms with Gasteiger partial charge in [0.15, 0.2) is 9.84 Å². The van der Waals surface area contributed by atoms with Crippen LogP contribution >= 0.6 is 0 Å². The van der Waals surface area contributed by atoms with Gasteiger partial charge in [-0.15, -0.1) is 0 Å². The minimum Gasteiger partial charge on any atom is -0.367 e. The molecule has 108 valence electrons. The number of rotatable bonds is 4. The number of nitrogens with zero attached hydrogens (tertiary/aromatic N) is 1. The zero-order chi connectivity index (χ0) is 14.2. The standard InChI is InChI=1S/C14H17NO4S/c16-14(9-19-8-11-4-2-1-3-5-11)15-7-13-6-12(15)10-20(13,17)18/h1-5,12-13H,6-10H2. The number of carbonyl (C=O) groups is 1. The van der Waals surface area contributed by atoms with Gasteiger partial charge < -0.3 is 9.64 Å². The highest BCUT2D eigenvalue weighted by Gasteiger charge is 2.49. The maximum atomic E-state index is 12.0. The summed E-state index contributed by atoms with van der Waals surface area (Å²) in [6.07, 6.45) is 0.590. The number of hydrogen-bond acceptors (Lipinski definition) is 4. The van der Waals surface area contributed by atoms with E-state index in [1.54, 1.807) is 4.90 Å². The molecule has 2 fully saturated rings. The molecule has 5 nitrogen and oxygen atoms in total. The molecule has 2 aliphatic rings. The van der Waals surface area contributed by atoms with E-state index in [2.05, 4.69) is 0 Å². The Labute approximate surface area is 118 Å². The Balaban J connectivity index is 1.50. The summed E-state index contributed by atoms with van der Waals surface area (Å²) in [5.41, 5.74) is 1.02. The van der Waals surface area contributed by atoms with Gasteiger partial charge in [0, 0.05) is 12.6 Å². The van der Waals surface area contributed by atoms with Crippen molar-refractivity contribution in [1.82, 2.24) is 4.90 Å². The molecule has 2 saturated heterocycles. The molecule has 0 spiro atoms. The maximum absolute atomic E-state index is 12.0. The minimum absolute atomic E-state index is 0.0121. The zero-order valence-electron chi connectivity index (χ0n) is 11.1. The van der Waals surface area contributed by atoms with Gasteiger partial charge in [-0.05, 0) is 12.0 Å². The van der Waals surface area contributed by atoms with Crippen LogP contribution in [0.2, 0.25) is 0 Å². The number of sulfone groups is 1. The zero-order valence-corrected chi connectivity index (χ0v) is 11.9. The normalized spacial score (nSPS) is 26.9. The molecule has 0 radical (unpaired) electrons. The largest absolute Gasteiger partial charge is 0.367 e. The average Bonchev–Trinajstić information content (AvgIpc) is 2.95. The molecule has 2 aliphatic heterocycles. The Kier molecular flexibility index (Phi) is 3.52. The second-order valence-corrected chi connectivity index (χ2v) is 7.69. The first-order valence-electron chi connectivity index (χ1n) is 6.69. The first-order chi connectivity index (χ1) is 9.56. The fraction of sp³-hybridized carbons (Fsp3) is 0.500. The van der Waals surface area contributed by atoms with Gasteiger partial charge >= 0.3 is 0 Å². The molecule has 0 saturated carbocycles. The predicted molar refractivity (Wildman–Crippen MR) is 73.8 cm³/mol. The van der Waals surface area contributed by atoms with Crippen LogP contribution in [-0.2, 0) is 26.0 Å². The van der Waals surface area contributed by atoms with Crippen LogP contribution in [0.3, 0.4) is 0 Å². The molecular formula is C14H17NO4S. The highest BCUT2D eigenvalue weighted by atomic mass is 32.2.